The van der Waals surface area contributed by atoms with Crippen LogP contribution in [0.2, 0.25) is 0 Å². The number of aliphatic hydroxyl groups is 1. The van der Waals surface area contributed by atoms with Crippen LogP contribution in [0.3, 0.4) is 0 Å². The lowest BCUT2D eigenvalue weighted by Crippen LogP contribution is -2.31. The molecule has 0 fully saturated rings. The molecule has 0 amide bonds. The molecule has 1 N–H and O–H groups in total. The average molecular weight is 197 g/mol. The van der Waals surface area contributed by atoms with Crippen LogP contribution < -0.4 is 0 Å². The molecule has 0 aromatic carbocycles. The Kier molecular flexibility index (Phi) is 4.14. The van der Waals surface area contributed by atoms with Crippen molar-refractivity contribution in [3.63, 3.8) is 0 Å². The van der Waals surface area contributed by atoms with E-state index in [1.807, 2.05) is 6.08 Å². The highest BCUT2D eigenvalue weighted by atomic mass is 16.3. The average Bonchev–Trinajstić information content (AvgIpc) is 2.12. The van der Waals surface area contributed by atoms with Gasteiger partial charge in [-0.25, -0.2) is 0 Å². The predicted octanol–water partition coefficient (Wildman–Crippen LogP) is 1.75. The van der Waals surface area contributed by atoms with Crippen LogP contribution >= 0.6 is 0 Å². The van der Waals surface area contributed by atoms with Gasteiger partial charge in [-0.1, -0.05) is 13.8 Å². The Morgan fingerprint density at radius 1 is 1.50 bits per heavy atom. The Morgan fingerprint density at radius 2 is 2.14 bits per heavy atom. The summed E-state index contributed by atoms with van der Waals surface area (Å²) in [4.78, 5) is 13.5. The van der Waals surface area contributed by atoms with Crippen molar-refractivity contribution in [2.24, 2.45) is 5.92 Å². The molecule has 0 aliphatic heterocycles. The minimum Gasteiger partial charge on any atom is -0.512 e. The molecule has 0 bridgehead atoms. The zero-order valence-corrected chi connectivity index (χ0v) is 8.99. The van der Waals surface area contributed by atoms with Crippen molar-refractivity contribution in [2.75, 3.05) is 19.6 Å². The molecule has 0 saturated carbocycles. The number of hydrogen-bond acceptors (Lipinski definition) is 3. The van der Waals surface area contributed by atoms with Crippen molar-refractivity contribution in [3.05, 3.63) is 11.8 Å². The van der Waals surface area contributed by atoms with E-state index in [-0.39, 0.29) is 23.9 Å². The monoisotopic (exact) mass is 197 g/mol. The number of Topliss-reactive ketones (excluding diaryl/α,β-unsaturated/α-hetero) is 1. The number of carbonyl (C=O) groups is 1. The standard InChI is InChI=1S/C11H19NO2/c1-3-12(4-2)8-9-5-10(13)7-11(14)6-9/h5,9,13H,3-4,6-8H2,1-2H3. The molecule has 1 aliphatic rings. The van der Waals surface area contributed by atoms with Crippen LogP contribution in [0.5, 0.6) is 0 Å². The number of nitrogens with zero attached hydrogens (tertiary/aromatic N) is 1. The van der Waals surface area contributed by atoms with Crippen molar-refractivity contribution < 1.29 is 9.90 Å². The highest BCUT2D eigenvalue weighted by molar-refractivity contribution is 5.82. The third kappa shape index (κ3) is 3.14. The van der Waals surface area contributed by atoms with Gasteiger partial charge < -0.3 is 10.0 Å². The summed E-state index contributed by atoms with van der Waals surface area (Å²) in [6, 6.07) is 0. The Morgan fingerprint density at radius 3 is 2.64 bits per heavy atom. The smallest absolute Gasteiger partial charge is 0.141 e. The van der Waals surface area contributed by atoms with Crippen LogP contribution in [-0.4, -0.2) is 35.4 Å². The van der Waals surface area contributed by atoms with E-state index in [9.17, 15) is 9.90 Å². The molecule has 14 heavy (non-hydrogen) atoms. The normalized spacial score (nSPS) is 22.6. The molecular formula is C11H19NO2. The molecule has 0 spiro atoms. The Balaban J connectivity index is 2.51. The van der Waals surface area contributed by atoms with Crippen molar-refractivity contribution in [1.82, 2.24) is 4.90 Å². The number of rotatable bonds is 4. The number of carbonyl (C=O) groups excluding carboxylic acids is 1. The van der Waals surface area contributed by atoms with Crippen LogP contribution in [0.1, 0.15) is 26.7 Å². The van der Waals surface area contributed by atoms with Gasteiger partial charge in [-0.05, 0) is 25.1 Å². The molecule has 0 saturated heterocycles. The second-order valence-electron chi connectivity index (χ2n) is 3.82. The van der Waals surface area contributed by atoms with Crippen molar-refractivity contribution in [2.45, 2.75) is 26.7 Å². The van der Waals surface area contributed by atoms with Gasteiger partial charge in [0.15, 0.2) is 0 Å². The van der Waals surface area contributed by atoms with Gasteiger partial charge >= 0.3 is 0 Å². The van der Waals surface area contributed by atoms with Crippen molar-refractivity contribution >= 4 is 5.78 Å². The molecule has 0 radical (unpaired) electrons. The van der Waals surface area contributed by atoms with Gasteiger partial charge in [-0.3, -0.25) is 4.79 Å². The van der Waals surface area contributed by atoms with E-state index in [1.165, 1.54) is 0 Å². The van der Waals surface area contributed by atoms with Crippen LogP contribution in [0.25, 0.3) is 0 Å². The van der Waals surface area contributed by atoms with Crippen molar-refractivity contribution in [3.8, 4) is 0 Å². The van der Waals surface area contributed by atoms with Crippen LogP contribution in [0, 0.1) is 5.92 Å². The Labute approximate surface area is 85.4 Å². The van der Waals surface area contributed by atoms with E-state index < -0.39 is 0 Å². The van der Waals surface area contributed by atoms with E-state index in [4.69, 9.17) is 0 Å². The quantitative estimate of drug-likeness (QED) is 0.746. The second kappa shape index (κ2) is 5.15. The lowest BCUT2D eigenvalue weighted by atomic mass is 9.93. The maximum atomic E-state index is 11.2. The van der Waals surface area contributed by atoms with E-state index in [0.717, 1.165) is 19.6 Å². The van der Waals surface area contributed by atoms with Gasteiger partial charge in [0.1, 0.15) is 5.78 Å². The van der Waals surface area contributed by atoms with Gasteiger partial charge in [-0.15, -0.1) is 0 Å². The first-order valence-corrected chi connectivity index (χ1v) is 5.29. The van der Waals surface area contributed by atoms with Gasteiger partial charge in [0, 0.05) is 13.0 Å². The molecule has 1 rings (SSSR count). The van der Waals surface area contributed by atoms with Gasteiger partial charge in [-0.2, -0.15) is 0 Å². The first-order chi connectivity index (χ1) is 6.65. The SMILES string of the molecule is CCN(CC)CC1C=C(O)CC(=O)C1. The summed E-state index contributed by atoms with van der Waals surface area (Å²) in [5, 5.41) is 9.33. The summed E-state index contributed by atoms with van der Waals surface area (Å²) in [6.45, 7) is 7.09. The fourth-order valence-corrected chi connectivity index (χ4v) is 1.89. The number of ketones is 1. The molecule has 3 heteroatoms. The summed E-state index contributed by atoms with van der Waals surface area (Å²) in [6.07, 6.45) is 2.65. The topological polar surface area (TPSA) is 40.5 Å². The van der Waals surface area contributed by atoms with Gasteiger partial charge in [0.25, 0.3) is 0 Å². The summed E-state index contributed by atoms with van der Waals surface area (Å²) in [5.41, 5.74) is 0. The maximum absolute atomic E-state index is 11.2. The fraction of sp³-hybridized carbons (Fsp3) is 0.727. The van der Waals surface area contributed by atoms with Crippen LogP contribution in [-0.2, 0) is 4.79 Å². The summed E-state index contributed by atoms with van der Waals surface area (Å²) in [5.74, 6) is 0.608. The number of allylic oxidation sites excluding steroid dienone is 1. The fourth-order valence-electron chi connectivity index (χ4n) is 1.89. The first-order valence-electron chi connectivity index (χ1n) is 5.29. The van der Waals surface area contributed by atoms with Crippen molar-refractivity contribution in [1.29, 1.82) is 0 Å². The molecule has 1 aliphatic carbocycles. The predicted molar refractivity (Wildman–Crippen MR) is 56.2 cm³/mol. The van der Waals surface area contributed by atoms with Crippen LogP contribution in [0.15, 0.2) is 11.8 Å². The molecular weight excluding hydrogens is 178 g/mol. The molecule has 0 aromatic heterocycles. The summed E-state index contributed by atoms with van der Waals surface area (Å²) >= 11 is 0. The highest BCUT2D eigenvalue weighted by Crippen LogP contribution is 2.19. The van der Waals surface area contributed by atoms with E-state index in [2.05, 4.69) is 18.7 Å². The molecule has 80 valence electrons. The first kappa shape index (κ1) is 11.2. The molecule has 0 heterocycles. The summed E-state index contributed by atoms with van der Waals surface area (Å²) in [7, 11) is 0. The minimum atomic E-state index is 0.155. The minimum absolute atomic E-state index is 0.155. The highest BCUT2D eigenvalue weighted by Gasteiger charge is 2.20. The maximum Gasteiger partial charge on any atom is 0.141 e. The Hall–Kier alpha value is -0.830. The van der Waals surface area contributed by atoms with E-state index in [1.54, 1.807) is 0 Å². The molecule has 3 nitrogen and oxygen atoms in total. The number of aliphatic hydroxyl groups excluding tert-OH is 1. The summed E-state index contributed by atoms with van der Waals surface area (Å²) < 4.78 is 0. The zero-order chi connectivity index (χ0) is 10.6. The molecule has 0 aromatic rings. The molecule has 1 unspecified atom stereocenters. The zero-order valence-electron chi connectivity index (χ0n) is 8.99. The lowest BCUT2D eigenvalue weighted by Gasteiger charge is -2.25. The lowest BCUT2D eigenvalue weighted by molar-refractivity contribution is -0.120. The van der Waals surface area contributed by atoms with Crippen LogP contribution in [0.4, 0.5) is 0 Å². The van der Waals surface area contributed by atoms with E-state index >= 15 is 0 Å². The Bertz CT molecular complexity index is 231. The largest absolute Gasteiger partial charge is 0.512 e. The number of hydrogen-bond donors (Lipinski definition) is 1. The molecule has 1 atom stereocenters. The van der Waals surface area contributed by atoms with Gasteiger partial charge in [0.2, 0.25) is 0 Å². The second-order valence-corrected chi connectivity index (χ2v) is 3.82. The third-order valence-electron chi connectivity index (χ3n) is 2.68. The van der Waals surface area contributed by atoms with Gasteiger partial charge in [0.05, 0.1) is 12.2 Å². The van der Waals surface area contributed by atoms with E-state index in [0.29, 0.717) is 6.42 Å². The third-order valence-corrected chi connectivity index (χ3v) is 2.68.